The highest BCUT2D eigenvalue weighted by Crippen LogP contribution is 2.21. The average Bonchev–Trinajstić information content (AvgIpc) is 2.53. The van der Waals surface area contributed by atoms with E-state index in [1.807, 2.05) is 6.92 Å². The highest BCUT2D eigenvalue weighted by molar-refractivity contribution is 5.89. The number of nitrogens with two attached hydrogens (primary N) is 1. The normalized spacial score (nSPS) is 12.0. The lowest BCUT2D eigenvalue weighted by Gasteiger charge is -2.13. The number of esters is 1. The van der Waals surface area contributed by atoms with Crippen LogP contribution in [0.4, 0.5) is 8.78 Å². The van der Waals surface area contributed by atoms with Crippen molar-refractivity contribution in [3.63, 3.8) is 0 Å². The summed E-state index contributed by atoms with van der Waals surface area (Å²) in [5, 5.41) is 0. The largest absolute Gasteiger partial charge is 0.457 e. The summed E-state index contributed by atoms with van der Waals surface area (Å²) in [5.41, 5.74) is 6.39. The second-order valence-electron chi connectivity index (χ2n) is 5.04. The molecular formula is C17H17F2NO2. The molecule has 0 heterocycles. The number of hydrogen-bond donors (Lipinski definition) is 1. The second-order valence-corrected chi connectivity index (χ2v) is 5.04. The maximum absolute atomic E-state index is 14.3. The van der Waals surface area contributed by atoms with Gasteiger partial charge in [-0.1, -0.05) is 31.2 Å². The van der Waals surface area contributed by atoms with E-state index in [1.165, 1.54) is 18.2 Å². The highest BCUT2D eigenvalue weighted by Gasteiger charge is 2.15. The minimum Gasteiger partial charge on any atom is -0.457 e. The molecule has 0 amide bonds. The molecule has 22 heavy (non-hydrogen) atoms. The minimum absolute atomic E-state index is 0.0897. The Bertz CT molecular complexity index is 673. The molecule has 0 spiro atoms. The molecule has 0 aromatic heterocycles. The molecule has 1 atom stereocenters. The number of hydrogen-bond acceptors (Lipinski definition) is 3. The van der Waals surface area contributed by atoms with Crippen molar-refractivity contribution in [2.75, 3.05) is 6.54 Å². The Labute approximate surface area is 127 Å². The van der Waals surface area contributed by atoms with Crippen LogP contribution in [0, 0.1) is 11.6 Å². The van der Waals surface area contributed by atoms with Crippen molar-refractivity contribution in [2.24, 2.45) is 5.73 Å². The van der Waals surface area contributed by atoms with Crippen LogP contribution in [0.15, 0.2) is 42.5 Å². The molecule has 2 rings (SSSR count). The van der Waals surface area contributed by atoms with Crippen LogP contribution < -0.4 is 5.73 Å². The molecule has 0 aliphatic rings. The standard InChI is InChI=1S/C17H17F2NO2/c1-11(9-20)15-7-3-5-13(16(15)19)10-22-17(21)12-4-2-6-14(18)8-12/h2-8,11H,9-10,20H2,1H3. The van der Waals surface area contributed by atoms with Crippen molar-refractivity contribution in [1.82, 2.24) is 0 Å². The van der Waals surface area contributed by atoms with Gasteiger partial charge in [-0.25, -0.2) is 13.6 Å². The molecule has 2 N–H and O–H groups in total. The molecule has 0 fully saturated rings. The Morgan fingerprint density at radius 2 is 1.95 bits per heavy atom. The van der Waals surface area contributed by atoms with Crippen LogP contribution in [-0.2, 0) is 11.3 Å². The van der Waals surface area contributed by atoms with Gasteiger partial charge < -0.3 is 10.5 Å². The SMILES string of the molecule is CC(CN)c1cccc(COC(=O)c2cccc(F)c2)c1F. The summed E-state index contributed by atoms with van der Waals surface area (Å²) in [6, 6.07) is 10.0. The van der Waals surface area contributed by atoms with Gasteiger partial charge in [-0.2, -0.15) is 0 Å². The summed E-state index contributed by atoms with van der Waals surface area (Å²) in [5.74, 6) is -1.78. The third-order valence-corrected chi connectivity index (χ3v) is 3.41. The van der Waals surface area contributed by atoms with Gasteiger partial charge in [0.05, 0.1) is 5.56 Å². The molecule has 1 unspecified atom stereocenters. The van der Waals surface area contributed by atoms with Crippen LogP contribution in [-0.4, -0.2) is 12.5 Å². The van der Waals surface area contributed by atoms with E-state index in [-0.39, 0.29) is 23.7 Å². The van der Waals surface area contributed by atoms with Crippen LogP contribution in [0.3, 0.4) is 0 Å². The van der Waals surface area contributed by atoms with E-state index in [4.69, 9.17) is 10.5 Å². The lowest BCUT2D eigenvalue weighted by atomic mass is 9.98. The van der Waals surface area contributed by atoms with Crippen molar-refractivity contribution in [3.05, 3.63) is 70.8 Å². The summed E-state index contributed by atoms with van der Waals surface area (Å²) >= 11 is 0. The molecule has 0 aliphatic carbocycles. The summed E-state index contributed by atoms with van der Waals surface area (Å²) in [4.78, 5) is 11.8. The fourth-order valence-electron chi connectivity index (χ4n) is 2.06. The van der Waals surface area contributed by atoms with E-state index in [0.29, 0.717) is 12.1 Å². The van der Waals surface area contributed by atoms with Crippen molar-refractivity contribution >= 4 is 5.97 Å². The summed E-state index contributed by atoms with van der Waals surface area (Å²) in [6.45, 7) is 1.93. The Hall–Kier alpha value is -2.27. The zero-order chi connectivity index (χ0) is 16.1. The van der Waals surface area contributed by atoms with E-state index in [2.05, 4.69) is 0 Å². The van der Waals surface area contributed by atoms with Gasteiger partial charge >= 0.3 is 5.97 Å². The molecule has 3 nitrogen and oxygen atoms in total. The lowest BCUT2D eigenvalue weighted by Crippen LogP contribution is -2.12. The number of carbonyl (C=O) groups excluding carboxylic acids is 1. The van der Waals surface area contributed by atoms with E-state index in [9.17, 15) is 13.6 Å². The quantitative estimate of drug-likeness (QED) is 0.862. The van der Waals surface area contributed by atoms with Crippen molar-refractivity contribution in [2.45, 2.75) is 19.4 Å². The monoisotopic (exact) mass is 305 g/mol. The summed E-state index contributed by atoms with van der Waals surface area (Å²) in [7, 11) is 0. The first-order chi connectivity index (χ1) is 10.5. The zero-order valence-corrected chi connectivity index (χ0v) is 12.2. The van der Waals surface area contributed by atoms with Crippen molar-refractivity contribution < 1.29 is 18.3 Å². The fourth-order valence-corrected chi connectivity index (χ4v) is 2.06. The van der Waals surface area contributed by atoms with Crippen LogP contribution in [0.25, 0.3) is 0 Å². The molecule has 0 bridgehead atoms. The smallest absolute Gasteiger partial charge is 0.338 e. The molecule has 5 heteroatoms. The molecule has 0 aliphatic heterocycles. The Kier molecular flexibility index (Phi) is 5.22. The Balaban J connectivity index is 2.10. The van der Waals surface area contributed by atoms with Gasteiger partial charge in [0.25, 0.3) is 0 Å². The van der Waals surface area contributed by atoms with E-state index < -0.39 is 17.6 Å². The molecular weight excluding hydrogens is 288 g/mol. The van der Waals surface area contributed by atoms with E-state index >= 15 is 0 Å². The van der Waals surface area contributed by atoms with Crippen molar-refractivity contribution in [1.29, 1.82) is 0 Å². The van der Waals surface area contributed by atoms with Crippen molar-refractivity contribution in [3.8, 4) is 0 Å². The summed E-state index contributed by atoms with van der Waals surface area (Å²) < 4.78 is 32.4. The molecule has 2 aromatic rings. The van der Waals surface area contributed by atoms with Crippen LogP contribution in [0.2, 0.25) is 0 Å². The number of benzene rings is 2. The maximum atomic E-state index is 14.3. The van der Waals surface area contributed by atoms with Crippen LogP contribution in [0.5, 0.6) is 0 Å². The molecule has 116 valence electrons. The third kappa shape index (κ3) is 3.68. The van der Waals surface area contributed by atoms with Gasteiger partial charge in [0.1, 0.15) is 18.2 Å². The zero-order valence-electron chi connectivity index (χ0n) is 12.2. The first-order valence-corrected chi connectivity index (χ1v) is 6.93. The second kappa shape index (κ2) is 7.13. The molecule has 0 radical (unpaired) electrons. The van der Waals surface area contributed by atoms with Gasteiger partial charge in [0.15, 0.2) is 0 Å². The number of halogens is 2. The topological polar surface area (TPSA) is 52.3 Å². The van der Waals surface area contributed by atoms with Gasteiger partial charge in [0, 0.05) is 5.56 Å². The lowest BCUT2D eigenvalue weighted by molar-refractivity contribution is 0.0468. The van der Waals surface area contributed by atoms with Gasteiger partial charge in [-0.05, 0) is 36.2 Å². The van der Waals surface area contributed by atoms with E-state index in [0.717, 1.165) is 6.07 Å². The van der Waals surface area contributed by atoms with Gasteiger partial charge in [-0.15, -0.1) is 0 Å². The van der Waals surface area contributed by atoms with Crippen LogP contribution in [0.1, 0.15) is 34.3 Å². The average molecular weight is 305 g/mol. The van der Waals surface area contributed by atoms with E-state index in [1.54, 1.807) is 18.2 Å². The van der Waals surface area contributed by atoms with Gasteiger partial charge in [0.2, 0.25) is 0 Å². The fraction of sp³-hybridized carbons (Fsp3) is 0.235. The molecule has 0 saturated heterocycles. The van der Waals surface area contributed by atoms with Crippen LogP contribution >= 0.6 is 0 Å². The molecule has 2 aromatic carbocycles. The Morgan fingerprint density at radius 3 is 2.64 bits per heavy atom. The summed E-state index contributed by atoms with van der Waals surface area (Å²) in [6.07, 6.45) is 0. The number of rotatable bonds is 5. The Morgan fingerprint density at radius 1 is 1.23 bits per heavy atom. The minimum atomic E-state index is -0.698. The highest BCUT2D eigenvalue weighted by atomic mass is 19.1. The maximum Gasteiger partial charge on any atom is 0.338 e. The predicted octanol–water partition coefficient (Wildman–Crippen LogP) is 3.38. The molecule has 0 saturated carbocycles. The number of ether oxygens (including phenoxy) is 1. The predicted molar refractivity (Wildman–Crippen MR) is 79.4 cm³/mol. The van der Waals surface area contributed by atoms with Gasteiger partial charge in [-0.3, -0.25) is 0 Å². The third-order valence-electron chi connectivity index (χ3n) is 3.41. The number of carbonyl (C=O) groups is 1. The first-order valence-electron chi connectivity index (χ1n) is 6.93. The first kappa shape index (κ1) is 16.1.